The first kappa shape index (κ1) is 11.4. The first-order chi connectivity index (χ1) is 8.31. The summed E-state index contributed by atoms with van der Waals surface area (Å²) in [5.74, 6) is 0.0262. The fraction of sp³-hybridized carbons (Fsp3) is 0.0769. The molecule has 17 heavy (non-hydrogen) atoms. The van der Waals surface area contributed by atoms with Gasteiger partial charge >= 0.3 is 0 Å². The number of aliphatic hydroxyl groups excluding tert-OH is 1. The third-order valence-electron chi connectivity index (χ3n) is 2.23. The zero-order chi connectivity index (χ0) is 12.1. The van der Waals surface area contributed by atoms with E-state index in [-0.39, 0.29) is 12.2 Å². The van der Waals surface area contributed by atoms with Crippen molar-refractivity contribution in [1.29, 1.82) is 0 Å². The molecule has 0 aliphatic heterocycles. The molecule has 0 bridgehead atoms. The maximum atomic E-state index is 13.3. The lowest BCUT2D eigenvalue weighted by Crippen LogP contribution is -1.91. The van der Waals surface area contributed by atoms with Crippen molar-refractivity contribution < 1.29 is 9.50 Å². The lowest BCUT2D eigenvalue weighted by Gasteiger charge is -2.00. The number of aromatic nitrogens is 2. The van der Waals surface area contributed by atoms with Crippen molar-refractivity contribution >= 4 is 5.83 Å². The minimum absolute atomic E-state index is 0.263. The third kappa shape index (κ3) is 2.73. The predicted molar refractivity (Wildman–Crippen MR) is 63.6 cm³/mol. The van der Waals surface area contributed by atoms with E-state index < -0.39 is 5.83 Å². The first-order valence-corrected chi connectivity index (χ1v) is 5.15. The molecule has 86 valence electrons. The van der Waals surface area contributed by atoms with E-state index in [2.05, 4.69) is 9.97 Å². The van der Waals surface area contributed by atoms with Gasteiger partial charge in [-0.05, 0) is 6.08 Å². The average molecular weight is 230 g/mol. The molecule has 1 heterocycles. The fourth-order valence-electron chi connectivity index (χ4n) is 1.39. The highest BCUT2D eigenvalue weighted by Crippen LogP contribution is 2.17. The molecule has 1 aromatic carbocycles. The molecule has 2 rings (SSSR count). The summed E-state index contributed by atoms with van der Waals surface area (Å²) in [6.07, 6.45) is 3.87. The molecule has 4 heteroatoms. The summed E-state index contributed by atoms with van der Waals surface area (Å²) < 4.78 is 13.3. The molecular weight excluding hydrogens is 219 g/mol. The van der Waals surface area contributed by atoms with Gasteiger partial charge in [0.05, 0.1) is 6.61 Å². The Hall–Kier alpha value is -2.07. The van der Waals surface area contributed by atoms with Crippen molar-refractivity contribution in [2.75, 3.05) is 6.61 Å². The Morgan fingerprint density at radius 2 is 1.82 bits per heavy atom. The predicted octanol–water partition coefficient (Wildman–Crippen LogP) is 2.45. The van der Waals surface area contributed by atoms with Gasteiger partial charge in [-0.1, -0.05) is 30.3 Å². The van der Waals surface area contributed by atoms with Crippen molar-refractivity contribution in [3.8, 4) is 11.4 Å². The van der Waals surface area contributed by atoms with Crippen LogP contribution in [0.5, 0.6) is 0 Å². The molecule has 0 aliphatic carbocycles. The van der Waals surface area contributed by atoms with E-state index in [0.29, 0.717) is 5.82 Å². The lowest BCUT2D eigenvalue weighted by molar-refractivity contribution is 0.342. The normalized spacial score (nSPS) is 11.5. The zero-order valence-electron chi connectivity index (χ0n) is 9.05. The average Bonchev–Trinajstić information content (AvgIpc) is 2.40. The van der Waals surface area contributed by atoms with Crippen molar-refractivity contribution in [2.24, 2.45) is 0 Å². The maximum absolute atomic E-state index is 13.3. The SMILES string of the molecule is OC/C=C(/F)c1cnc(-c2ccccc2)nc1. The Labute approximate surface area is 98.3 Å². The maximum Gasteiger partial charge on any atom is 0.159 e. The first-order valence-electron chi connectivity index (χ1n) is 5.15. The molecule has 0 amide bonds. The van der Waals surface area contributed by atoms with Gasteiger partial charge in [0, 0.05) is 23.5 Å². The molecule has 0 atom stereocenters. The van der Waals surface area contributed by atoms with Gasteiger partial charge in [-0.15, -0.1) is 0 Å². The van der Waals surface area contributed by atoms with Crippen LogP contribution in [0, 0.1) is 0 Å². The number of aliphatic hydroxyl groups is 1. The largest absolute Gasteiger partial charge is 0.392 e. The summed E-state index contributed by atoms with van der Waals surface area (Å²) >= 11 is 0. The van der Waals surface area contributed by atoms with Gasteiger partial charge in [0.15, 0.2) is 5.82 Å². The number of hydrogen-bond donors (Lipinski definition) is 1. The fourth-order valence-corrected chi connectivity index (χ4v) is 1.39. The van der Waals surface area contributed by atoms with Gasteiger partial charge in [0.25, 0.3) is 0 Å². The van der Waals surface area contributed by atoms with Crippen molar-refractivity contribution in [1.82, 2.24) is 9.97 Å². The Morgan fingerprint density at radius 3 is 2.41 bits per heavy atom. The molecule has 0 aliphatic rings. The Balaban J connectivity index is 2.28. The summed E-state index contributed by atoms with van der Waals surface area (Å²) in [6.45, 7) is -0.341. The number of benzene rings is 1. The highest BCUT2D eigenvalue weighted by molar-refractivity contribution is 5.60. The zero-order valence-corrected chi connectivity index (χ0v) is 9.05. The highest BCUT2D eigenvalue weighted by atomic mass is 19.1. The topological polar surface area (TPSA) is 46.0 Å². The van der Waals surface area contributed by atoms with Crippen LogP contribution in [0.25, 0.3) is 17.2 Å². The second kappa shape index (κ2) is 5.32. The van der Waals surface area contributed by atoms with E-state index in [9.17, 15) is 4.39 Å². The number of nitrogens with zero attached hydrogens (tertiary/aromatic N) is 2. The van der Waals surface area contributed by atoms with E-state index in [1.807, 2.05) is 30.3 Å². The highest BCUT2D eigenvalue weighted by Gasteiger charge is 2.03. The number of rotatable bonds is 3. The van der Waals surface area contributed by atoms with Crippen LogP contribution in [0.1, 0.15) is 5.56 Å². The van der Waals surface area contributed by atoms with Gasteiger partial charge in [0.1, 0.15) is 5.83 Å². The Morgan fingerprint density at radius 1 is 1.18 bits per heavy atom. The van der Waals surface area contributed by atoms with Crippen molar-refractivity contribution in [3.05, 3.63) is 54.4 Å². The van der Waals surface area contributed by atoms with Gasteiger partial charge in [-0.25, -0.2) is 14.4 Å². The van der Waals surface area contributed by atoms with E-state index >= 15 is 0 Å². The second-order valence-electron chi connectivity index (χ2n) is 3.40. The summed E-state index contributed by atoms with van der Waals surface area (Å²) in [7, 11) is 0. The third-order valence-corrected chi connectivity index (χ3v) is 2.23. The molecule has 3 nitrogen and oxygen atoms in total. The van der Waals surface area contributed by atoms with Crippen molar-refractivity contribution in [2.45, 2.75) is 0 Å². The van der Waals surface area contributed by atoms with Crippen LogP contribution in [0.3, 0.4) is 0 Å². The van der Waals surface area contributed by atoms with Crippen LogP contribution in [-0.4, -0.2) is 21.7 Å². The van der Waals surface area contributed by atoms with Crippen molar-refractivity contribution in [3.63, 3.8) is 0 Å². The Kier molecular flexibility index (Phi) is 3.57. The second-order valence-corrected chi connectivity index (χ2v) is 3.40. The minimum Gasteiger partial charge on any atom is -0.392 e. The van der Waals surface area contributed by atoms with Crippen LogP contribution in [0.15, 0.2) is 48.8 Å². The number of halogens is 1. The summed E-state index contributed by atoms with van der Waals surface area (Å²) in [5, 5.41) is 8.57. The standard InChI is InChI=1S/C13H11FN2O/c14-12(6-7-17)11-8-15-13(16-9-11)10-4-2-1-3-5-10/h1-6,8-9,17H,7H2/b12-6+. The summed E-state index contributed by atoms with van der Waals surface area (Å²) in [6, 6.07) is 9.45. The molecule has 0 saturated carbocycles. The molecule has 0 spiro atoms. The quantitative estimate of drug-likeness (QED) is 0.880. The molecule has 1 aromatic heterocycles. The van der Waals surface area contributed by atoms with Crippen LogP contribution in [0.2, 0.25) is 0 Å². The molecule has 0 saturated heterocycles. The molecular formula is C13H11FN2O. The Bertz CT molecular complexity index is 509. The molecule has 0 unspecified atom stereocenters. The monoisotopic (exact) mass is 230 g/mol. The molecule has 0 radical (unpaired) electrons. The van der Waals surface area contributed by atoms with Crippen LogP contribution >= 0.6 is 0 Å². The lowest BCUT2D eigenvalue weighted by atomic mass is 10.2. The van der Waals surface area contributed by atoms with Crippen LogP contribution in [-0.2, 0) is 0 Å². The van der Waals surface area contributed by atoms with Gasteiger partial charge in [0.2, 0.25) is 0 Å². The summed E-state index contributed by atoms with van der Waals surface area (Å²) in [4.78, 5) is 8.16. The smallest absolute Gasteiger partial charge is 0.159 e. The van der Waals surface area contributed by atoms with E-state index in [1.165, 1.54) is 12.4 Å². The van der Waals surface area contributed by atoms with Crippen LogP contribution in [0.4, 0.5) is 4.39 Å². The van der Waals surface area contributed by atoms with Gasteiger partial charge in [-0.2, -0.15) is 0 Å². The van der Waals surface area contributed by atoms with E-state index in [1.54, 1.807) is 0 Å². The molecule has 0 fully saturated rings. The summed E-state index contributed by atoms with van der Waals surface area (Å²) in [5.41, 5.74) is 1.14. The molecule has 2 aromatic rings. The minimum atomic E-state index is -0.521. The number of hydrogen-bond acceptors (Lipinski definition) is 3. The van der Waals surface area contributed by atoms with Gasteiger partial charge in [-0.3, -0.25) is 0 Å². The van der Waals surface area contributed by atoms with Gasteiger partial charge < -0.3 is 5.11 Å². The van der Waals surface area contributed by atoms with E-state index in [0.717, 1.165) is 11.6 Å². The van der Waals surface area contributed by atoms with Crippen LogP contribution < -0.4 is 0 Å². The van der Waals surface area contributed by atoms with E-state index in [4.69, 9.17) is 5.11 Å². The molecule has 1 N–H and O–H groups in total.